The van der Waals surface area contributed by atoms with Crippen molar-refractivity contribution >= 4 is 23.5 Å². The second-order valence-electron chi connectivity index (χ2n) is 7.18. The Balaban J connectivity index is 1.57. The summed E-state index contributed by atoms with van der Waals surface area (Å²) in [6, 6.07) is 6.68. The maximum absolute atomic E-state index is 12.0. The van der Waals surface area contributed by atoms with Gasteiger partial charge in [-0.05, 0) is 36.9 Å². The monoisotopic (exact) mass is 380 g/mol. The van der Waals surface area contributed by atoms with Gasteiger partial charge in [0, 0.05) is 32.7 Å². The SMILES string of the molecule is CC(C)CN1CC[C@H](CNC(=O)NCCNC(=O)c2ccccc2Cl)C1. The molecule has 144 valence electrons. The van der Waals surface area contributed by atoms with E-state index in [1.54, 1.807) is 24.3 Å². The molecule has 1 aromatic carbocycles. The zero-order chi connectivity index (χ0) is 18.9. The predicted octanol–water partition coefficient (Wildman–Crippen LogP) is 2.35. The molecule has 1 fully saturated rings. The van der Waals surface area contributed by atoms with Gasteiger partial charge in [-0.2, -0.15) is 0 Å². The predicted molar refractivity (Wildman–Crippen MR) is 105 cm³/mol. The fourth-order valence-corrected chi connectivity index (χ4v) is 3.38. The van der Waals surface area contributed by atoms with Crippen molar-refractivity contribution in [1.29, 1.82) is 0 Å². The van der Waals surface area contributed by atoms with Crippen LogP contribution >= 0.6 is 11.6 Å². The first-order chi connectivity index (χ1) is 12.5. The second kappa shape index (κ2) is 10.4. The van der Waals surface area contributed by atoms with Gasteiger partial charge < -0.3 is 20.9 Å². The lowest BCUT2D eigenvalue weighted by molar-refractivity contribution is 0.0954. The van der Waals surface area contributed by atoms with Gasteiger partial charge in [-0.3, -0.25) is 4.79 Å². The average molecular weight is 381 g/mol. The summed E-state index contributed by atoms with van der Waals surface area (Å²) >= 11 is 5.98. The summed E-state index contributed by atoms with van der Waals surface area (Å²) in [5.74, 6) is 0.944. The Morgan fingerprint density at radius 1 is 1.19 bits per heavy atom. The molecule has 1 aliphatic rings. The molecule has 3 amide bonds. The number of benzene rings is 1. The molecule has 1 saturated heterocycles. The number of nitrogens with one attached hydrogen (secondary N) is 3. The smallest absolute Gasteiger partial charge is 0.314 e. The molecular formula is C19H29ClN4O2. The van der Waals surface area contributed by atoms with Crippen molar-refractivity contribution in [3.8, 4) is 0 Å². The Kier molecular flexibility index (Phi) is 8.19. The van der Waals surface area contributed by atoms with Crippen molar-refractivity contribution in [2.45, 2.75) is 20.3 Å². The fraction of sp³-hybridized carbons (Fsp3) is 0.579. The van der Waals surface area contributed by atoms with Crippen LogP contribution < -0.4 is 16.0 Å². The summed E-state index contributed by atoms with van der Waals surface area (Å²) < 4.78 is 0. The molecule has 2 rings (SSSR count). The van der Waals surface area contributed by atoms with Gasteiger partial charge in [0.05, 0.1) is 10.6 Å². The van der Waals surface area contributed by atoms with Crippen molar-refractivity contribution in [2.75, 3.05) is 39.3 Å². The number of rotatable bonds is 8. The molecule has 0 aliphatic carbocycles. The van der Waals surface area contributed by atoms with E-state index in [1.165, 1.54) is 0 Å². The van der Waals surface area contributed by atoms with Crippen LogP contribution in [0.4, 0.5) is 4.79 Å². The molecule has 7 heteroatoms. The number of carbonyl (C=O) groups excluding carboxylic acids is 2. The molecule has 3 N–H and O–H groups in total. The van der Waals surface area contributed by atoms with E-state index in [4.69, 9.17) is 11.6 Å². The molecule has 6 nitrogen and oxygen atoms in total. The van der Waals surface area contributed by atoms with Gasteiger partial charge >= 0.3 is 6.03 Å². The lowest BCUT2D eigenvalue weighted by Crippen LogP contribution is -2.42. The molecule has 26 heavy (non-hydrogen) atoms. The van der Waals surface area contributed by atoms with E-state index in [9.17, 15) is 9.59 Å². The second-order valence-corrected chi connectivity index (χ2v) is 7.59. The first-order valence-electron chi connectivity index (χ1n) is 9.22. The van der Waals surface area contributed by atoms with Gasteiger partial charge in [-0.25, -0.2) is 4.79 Å². The zero-order valence-electron chi connectivity index (χ0n) is 15.6. The number of halogens is 1. The summed E-state index contributed by atoms with van der Waals surface area (Å²) in [4.78, 5) is 26.3. The highest BCUT2D eigenvalue weighted by Crippen LogP contribution is 2.16. The summed E-state index contributed by atoms with van der Waals surface area (Å²) in [6.45, 7) is 9.13. The number of hydrogen-bond acceptors (Lipinski definition) is 3. The minimum Gasteiger partial charge on any atom is -0.350 e. The van der Waals surface area contributed by atoms with E-state index >= 15 is 0 Å². The third-order valence-electron chi connectivity index (χ3n) is 4.36. The molecule has 1 aromatic rings. The van der Waals surface area contributed by atoms with E-state index < -0.39 is 0 Å². The quantitative estimate of drug-likeness (QED) is 0.606. The number of hydrogen-bond donors (Lipinski definition) is 3. The molecular weight excluding hydrogens is 352 g/mol. The van der Waals surface area contributed by atoms with Crippen molar-refractivity contribution in [1.82, 2.24) is 20.9 Å². The van der Waals surface area contributed by atoms with Gasteiger partial charge in [-0.1, -0.05) is 37.6 Å². The number of likely N-dealkylation sites (tertiary alicyclic amines) is 1. The minimum absolute atomic E-state index is 0.195. The van der Waals surface area contributed by atoms with Crippen LogP contribution in [-0.4, -0.2) is 56.1 Å². The standard InChI is InChI=1S/C19H29ClN4O2/c1-14(2)12-24-10-7-15(13-24)11-23-19(26)22-9-8-21-18(25)16-5-3-4-6-17(16)20/h3-6,14-15H,7-13H2,1-2H3,(H,21,25)(H2,22,23,26)/t15-/m1/s1. The first-order valence-corrected chi connectivity index (χ1v) is 9.60. The van der Waals surface area contributed by atoms with Crippen LogP contribution in [0.2, 0.25) is 5.02 Å². The van der Waals surface area contributed by atoms with Crippen molar-refractivity contribution in [3.63, 3.8) is 0 Å². The van der Waals surface area contributed by atoms with E-state index in [0.29, 0.717) is 42.1 Å². The van der Waals surface area contributed by atoms with Gasteiger partial charge in [0.2, 0.25) is 0 Å². The van der Waals surface area contributed by atoms with Gasteiger partial charge in [0.15, 0.2) is 0 Å². The van der Waals surface area contributed by atoms with Crippen LogP contribution in [0, 0.1) is 11.8 Å². The summed E-state index contributed by atoms with van der Waals surface area (Å²) in [6.07, 6.45) is 1.13. The molecule has 0 aromatic heterocycles. The van der Waals surface area contributed by atoms with Crippen LogP contribution in [0.3, 0.4) is 0 Å². The molecule has 0 bridgehead atoms. The first kappa shape index (κ1) is 20.5. The molecule has 0 unspecified atom stereocenters. The van der Waals surface area contributed by atoms with Crippen molar-refractivity contribution in [3.05, 3.63) is 34.9 Å². The topological polar surface area (TPSA) is 73.5 Å². The van der Waals surface area contributed by atoms with Gasteiger partial charge in [-0.15, -0.1) is 0 Å². The van der Waals surface area contributed by atoms with Crippen molar-refractivity contribution < 1.29 is 9.59 Å². The van der Waals surface area contributed by atoms with Crippen LogP contribution in [-0.2, 0) is 0 Å². The highest BCUT2D eigenvalue weighted by atomic mass is 35.5. The average Bonchev–Trinajstić information content (AvgIpc) is 3.03. The van der Waals surface area contributed by atoms with E-state index in [2.05, 4.69) is 34.7 Å². The Morgan fingerprint density at radius 3 is 2.65 bits per heavy atom. The van der Waals surface area contributed by atoms with Crippen LogP contribution in [0.25, 0.3) is 0 Å². The highest BCUT2D eigenvalue weighted by molar-refractivity contribution is 6.33. The lowest BCUT2D eigenvalue weighted by Gasteiger charge is -2.18. The van der Waals surface area contributed by atoms with Crippen molar-refractivity contribution in [2.24, 2.45) is 11.8 Å². The molecule has 1 heterocycles. The third-order valence-corrected chi connectivity index (χ3v) is 4.69. The largest absolute Gasteiger partial charge is 0.350 e. The third kappa shape index (κ3) is 6.84. The molecule has 0 radical (unpaired) electrons. The highest BCUT2D eigenvalue weighted by Gasteiger charge is 2.22. The summed E-state index contributed by atoms with van der Waals surface area (Å²) in [5.41, 5.74) is 0.436. The number of nitrogens with zero attached hydrogens (tertiary/aromatic N) is 1. The number of amides is 3. The van der Waals surface area contributed by atoms with Crippen LogP contribution in [0.15, 0.2) is 24.3 Å². The summed E-state index contributed by atoms with van der Waals surface area (Å²) in [5, 5.41) is 8.84. The maximum atomic E-state index is 12.0. The molecule has 0 saturated carbocycles. The Bertz CT molecular complexity index is 609. The van der Waals surface area contributed by atoms with Gasteiger partial charge in [0.1, 0.15) is 0 Å². The number of carbonyl (C=O) groups is 2. The molecule has 1 aliphatic heterocycles. The fourth-order valence-electron chi connectivity index (χ4n) is 3.15. The Morgan fingerprint density at radius 2 is 1.92 bits per heavy atom. The zero-order valence-corrected chi connectivity index (χ0v) is 16.3. The lowest BCUT2D eigenvalue weighted by atomic mass is 10.1. The van der Waals surface area contributed by atoms with Crippen LogP contribution in [0.1, 0.15) is 30.6 Å². The Hall–Kier alpha value is -1.79. The minimum atomic E-state index is -0.242. The van der Waals surface area contributed by atoms with E-state index in [-0.39, 0.29) is 11.9 Å². The van der Waals surface area contributed by atoms with E-state index in [1.807, 2.05) is 0 Å². The molecule has 1 atom stereocenters. The number of urea groups is 1. The van der Waals surface area contributed by atoms with Gasteiger partial charge in [0.25, 0.3) is 5.91 Å². The Labute approximate surface area is 160 Å². The molecule has 0 spiro atoms. The van der Waals surface area contributed by atoms with E-state index in [0.717, 1.165) is 26.1 Å². The summed E-state index contributed by atoms with van der Waals surface area (Å²) in [7, 11) is 0. The normalized spacial score (nSPS) is 17.3. The van der Waals surface area contributed by atoms with Crippen LogP contribution in [0.5, 0.6) is 0 Å². The maximum Gasteiger partial charge on any atom is 0.314 e.